The molecule has 3 heterocycles. The van der Waals surface area contributed by atoms with Gasteiger partial charge < -0.3 is 4.57 Å². The van der Waals surface area contributed by atoms with Crippen LogP contribution in [0.1, 0.15) is 71.1 Å². The summed E-state index contributed by atoms with van der Waals surface area (Å²) in [6.45, 7) is 2.96. The Balaban J connectivity index is 1.67. The van der Waals surface area contributed by atoms with Crippen LogP contribution in [0.5, 0.6) is 0 Å². The van der Waals surface area contributed by atoms with Crippen molar-refractivity contribution in [3.05, 3.63) is 45.2 Å². The number of pyridine rings is 2. The summed E-state index contributed by atoms with van der Waals surface area (Å²) in [6.07, 6.45) is 14.4. The first-order valence-electron chi connectivity index (χ1n) is 11.0. The van der Waals surface area contributed by atoms with Crippen LogP contribution in [0.2, 0.25) is 0 Å². The van der Waals surface area contributed by atoms with Crippen molar-refractivity contribution in [2.24, 2.45) is 7.05 Å². The minimum absolute atomic E-state index is 0.303. The molecule has 0 saturated heterocycles. The molecule has 6 heteroatoms. The normalized spacial score (nSPS) is 11.5. The lowest BCUT2D eigenvalue weighted by Gasteiger charge is -2.17. The second-order valence-corrected chi connectivity index (χ2v) is 7.89. The molecule has 156 valence electrons. The molecule has 0 atom stereocenters. The van der Waals surface area contributed by atoms with Gasteiger partial charge in [-0.2, -0.15) is 4.98 Å². The summed E-state index contributed by atoms with van der Waals surface area (Å²) in [5.41, 5.74) is 0.424. The van der Waals surface area contributed by atoms with Crippen LogP contribution in [0.15, 0.2) is 34.0 Å². The molecule has 0 amide bonds. The molecule has 0 radical (unpaired) electrons. The van der Waals surface area contributed by atoms with Gasteiger partial charge in [-0.15, -0.1) is 0 Å². The second kappa shape index (κ2) is 10.3. The maximum absolute atomic E-state index is 12.6. The molecule has 1 aromatic rings. The van der Waals surface area contributed by atoms with Crippen molar-refractivity contribution >= 4 is 11.0 Å². The summed E-state index contributed by atoms with van der Waals surface area (Å²) in [6, 6.07) is 5.60. The quantitative estimate of drug-likeness (QED) is 0.353. The Bertz CT molecular complexity index is 1020. The number of aromatic nitrogens is 4. The minimum Gasteiger partial charge on any atom is -0.310 e. The molecule has 0 unspecified atom stereocenters. The van der Waals surface area contributed by atoms with Crippen LogP contribution in [-0.4, -0.2) is 19.1 Å². The van der Waals surface area contributed by atoms with Gasteiger partial charge >= 0.3 is 5.69 Å². The fourth-order valence-electron chi connectivity index (χ4n) is 3.89. The summed E-state index contributed by atoms with van der Waals surface area (Å²) in [5, 5.41) is 0.893. The van der Waals surface area contributed by atoms with E-state index >= 15 is 0 Å². The van der Waals surface area contributed by atoms with Crippen LogP contribution in [0, 0.1) is 0 Å². The molecule has 29 heavy (non-hydrogen) atoms. The summed E-state index contributed by atoms with van der Waals surface area (Å²) in [7, 11) is 1.47. The molecule has 0 fully saturated rings. The Hall–Kier alpha value is -2.50. The van der Waals surface area contributed by atoms with E-state index in [0.29, 0.717) is 17.9 Å². The zero-order valence-electron chi connectivity index (χ0n) is 17.7. The van der Waals surface area contributed by atoms with E-state index in [9.17, 15) is 9.59 Å². The summed E-state index contributed by atoms with van der Waals surface area (Å²) in [4.78, 5) is 33.3. The van der Waals surface area contributed by atoms with Gasteiger partial charge in [0.25, 0.3) is 5.56 Å². The monoisotopic (exact) mass is 396 g/mol. The summed E-state index contributed by atoms with van der Waals surface area (Å²) in [5.74, 6) is 0.445. The van der Waals surface area contributed by atoms with Crippen LogP contribution < -0.4 is 11.2 Å². The first-order valence-corrected chi connectivity index (χ1v) is 11.0. The molecule has 0 bridgehead atoms. The number of nitrogens with zero attached hydrogens (tertiary/aromatic N) is 4. The Morgan fingerprint density at radius 1 is 0.931 bits per heavy atom. The van der Waals surface area contributed by atoms with Crippen LogP contribution in [0.4, 0.5) is 0 Å². The van der Waals surface area contributed by atoms with Gasteiger partial charge in [0.1, 0.15) is 5.65 Å². The third kappa shape index (κ3) is 5.11. The summed E-state index contributed by atoms with van der Waals surface area (Å²) >= 11 is 0. The van der Waals surface area contributed by atoms with Crippen molar-refractivity contribution in [2.75, 3.05) is 0 Å². The maximum atomic E-state index is 12.6. The Morgan fingerprint density at radius 2 is 1.59 bits per heavy atom. The molecule has 0 spiro atoms. The van der Waals surface area contributed by atoms with Crippen molar-refractivity contribution in [2.45, 2.75) is 77.7 Å². The molecular weight excluding hydrogens is 364 g/mol. The van der Waals surface area contributed by atoms with Gasteiger partial charge in [0.2, 0.25) is 0 Å². The molecule has 6 nitrogen and oxygen atoms in total. The van der Waals surface area contributed by atoms with Crippen molar-refractivity contribution in [3.63, 3.8) is 0 Å². The molecule has 0 N–H and O–H groups in total. The fraction of sp³-hybridized carbons (Fsp3) is 0.565. The number of rotatable bonds is 11. The fourth-order valence-corrected chi connectivity index (χ4v) is 3.89. The molecule has 0 saturated carbocycles. The van der Waals surface area contributed by atoms with Crippen molar-refractivity contribution in [1.82, 2.24) is 19.1 Å². The smallest absolute Gasteiger partial charge is 0.310 e. The lowest BCUT2D eigenvalue weighted by molar-refractivity contribution is 0.536. The van der Waals surface area contributed by atoms with Crippen molar-refractivity contribution in [1.29, 1.82) is 0 Å². The van der Waals surface area contributed by atoms with Gasteiger partial charge in [-0.3, -0.25) is 9.36 Å². The SMILES string of the molecule is CCCCCCCCCCCCn1c2nc(=O)n(C)c(=O)c-2cc2cccnc21. The largest absolute Gasteiger partial charge is 0.352 e. The Morgan fingerprint density at radius 3 is 2.28 bits per heavy atom. The molecule has 0 aromatic carbocycles. The number of unbranched alkanes of at least 4 members (excludes halogenated alkanes) is 9. The lowest BCUT2D eigenvalue weighted by atomic mass is 10.1. The number of hydrogen-bond acceptors (Lipinski definition) is 4. The van der Waals surface area contributed by atoms with Gasteiger partial charge in [-0.05, 0) is 24.6 Å². The first kappa shape index (κ1) is 21.2. The third-order valence-electron chi connectivity index (χ3n) is 5.63. The molecule has 0 aliphatic carbocycles. The zero-order valence-corrected chi connectivity index (χ0v) is 17.7. The lowest BCUT2D eigenvalue weighted by Crippen LogP contribution is -2.36. The highest BCUT2D eigenvalue weighted by Crippen LogP contribution is 2.23. The van der Waals surface area contributed by atoms with E-state index in [1.54, 1.807) is 12.3 Å². The van der Waals surface area contributed by atoms with Crippen molar-refractivity contribution in [3.8, 4) is 11.4 Å². The zero-order chi connectivity index (χ0) is 20.6. The molecule has 3 rings (SSSR count). The van der Waals surface area contributed by atoms with Gasteiger partial charge in [0.15, 0.2) is 5.82 Å². The van der Waals surface area contributed by atoms with Crippen LogP contribution >= 0.6 is 0 Å². The van der Waals surface area contributed by atoms with E-state index in [0.717, 1.165) is 28.4 Å². The maximum Gasteiger partial charge on any atom is 0.352 e. The standard InChI is InChI=1S/C23H32N4O2/c1-3-4-5-6-7-8-9-10-11-12-16-27-20-18(14-13-15-24-20)17-19-21(27)25-23(29)26(2)22(19)28/h13-15,17H,3-12,16H2,1-2H3. The van der Waals surface area contributed by atoms with E-state index in [4.69, 9.17) is 0 Å². The number of aryl methyl sites for hydroxylation is 1. The molecular formula is C23H32N4O2. The Kier molecular flexibility index (Phi) is 7.55. The van der Waals surface area contributed by atoms with E-state index in [1.165, 1.54) is 58.4 Å². The highest BCUT2D eigenvalue weighted by Gasteiger charge is 2.18. The third-order valence-corrected chi connectivity index (χ3v) is 5.63. The predicted octanol–water partition coefficient (Wildman–Crippen LogP) is 4.52. The van der Waals surface area contributed by atoms with E-state index in [2.05, 4.69) is 16.9 Å². The van der Waals surface area contributed by atoms with E-state index in [-0.39, 0.29) is 5.56 Å². The van der Waals surface area contributed by atoms with Crippen LogP contribution in [0.25, 0.3) is 22.4 Å². The topological polar surface area (TPSA) is 69.8 Å². The average Bonchev–Trinajstić information content (AvgIpc) is 2.73. The van der Waals surface area contributed by atoms with Gasteiger partial charge in [-0.1, -0.05) is 64.7 Å². The number of fused-ring (bicyclic) bond motifs is 2. The van der Waals surface area contributed by atoms with Crippen molar-refractivity contribution < 1.29 is 0 Å². The first-order chi connectivity index (χ1) is 14.1. The molecule has 1 aromatic heterocycles. The predicted molar refractivity (Wildman–Crippen MR) is 118 cm³/mol. The van der Waals surface area contributed by atoms with Crippen LogP contribution in [0.3, 0.4) is 0 Å². The van der Waals surface area contributed by atoms with Gasteiger partial charge in [0, 0.05) is 25.2 Å². The minimum atomic E-state index is -0.519. The molecule has 2 aliphatic heterocycles. The summed E-state index contributed by atoms with van der Waals surface area (Å²) < 4.78 is 3.01. The second-order valence-electron chi connectivity index (χ2n) is 7.89. The highest BCUT2D eigenvalue weighted by atomic mass is 16.2. The van der Waals surface area contributed by atoms with Crippen LogP contribution in [-0.2, 0) is 13.6 Å². The van der Waals surface area contributed by atoms with Gasteiger partial charge in [0.05, 0.1) is 5.56 Å². The molecule has 2 aliphatic rings. The van der Waals surface area contributed by atoms with Gasteiger partial charge in [-0.25, -0.2) is 9.78 Å². The number of hydrogen-bond donors (Lipinski definition) is 0. The average molecular weight is 397 g/mol. The van der Waals surface area contributed by atoms with E-state index < -0.39 is 5.69 Å². The van der Waals surface area contributed by atoms with E-state index in [1.807, 2.05) is 16.7 Å². The highest BCUT2D eigenvalue weighted by molar-refractivity contribution is 5.82. The Labute approximate surface area is 172 Å².